The van der Waals surface area contributed by atoms with Crippen LogP contribution >= 0.6 is 0 Å². The van der Waals surface area contributed by atoms with Crippen molar-refractivity contribution in [3.05, 3.63) is 46.8 Å². The van der Waals surface area contributed by atoms with Crippen LogP contribution in [0.5, 0.6) is 0 Å². The van der Waals surface area contributed by atoms with E-state index in [-0.39, 0.29) is 17.0 Å². The van der Waals surface area contributed by atoms with E-state index in [0.717, 1.165) is 5.39 Å². The summed E-state index contributed by atoms with van der Waals surface area (Å²) < 4.78 is 15.6. The molecule has 0 atom stereocenters. The molecule has 1 aromatic carbocycles. The third kappa shape index (κ3) is 1.45. The molecule has 4 aromatic rings. The second-order valence-electron chi connectivity index (χ2n) is 4.35. The Morgan fingerprint density at radius 3 is 2.70 bits per heavy atom. The molecule has 0 aliphatic carbocycles. The molecule has 0 saturated carbocycles. The Kier molecular flexibility index (Phi) is 2.03. The van der Waals surface area contributed by atoms with E-state index < -0.39 is 5.63 Å². The summed E-state index contributed by atoms with van der Waals surface area (Å²) in [6.45, 7) is 0. The van der Waals surface area contributed by atoms with Gasteiger partial charge in [-0.05, 0) is 12.1 Å². The van der Waals surface area contributed by atoms with Crippen LogP contribution in [0.1, 0.15) is 0 Å². The highest BCUT2D eigenvalue weighted by atomic mass is 16.5. The number of anilines is 1. The fourth-order valence-corrected chi connectivity index (χ4v) is 2.15. The first kappa shape index (κ1) is 10.9. The fraction of sp³-hybridized carbons (Fsp3) is 0. The van der Waals surface area contributed by atoms with E-state index in [2.05, 4.69) is 5.16 Å². The molecule has 0 bridgehead atoms. The first-order valence-electron chi connectivity index (χ1n) is 5.90. The van der Waals surface area contributed by atoms with Crippen molar-refractivity contribution in [3.63, 3.8) is 0 Å². The van der Waals surface area contributed by atoms with Gasteiger partial charge in [0.25, 0.3) is 0 Å². The Morgan fingerprint density at radius 1 is 1.05 bits per heavy atom. The van der Waals surface area contributed by atoms with Gasteiger partial charge in [-0.2, -0.15) is 0 Å². The SMILES string of the molecule is Nc1onc2cc(-c3cc4ccccc4o3)oc(=O)c12. The molecule has 0 saturated heterocycles. The number of benzene rings is 1. The lowest BCUT2D eigenvalue weighted by molar-refractivity contribution is 0.445. The third-order valence-corrected chi connectivity index (χ3v) is 3.09. The van der Waals surface area contributed by atoms with Crippen LogP contribution < -0.4 is 11.4 Å². The zero-order chi connectivity index (χ0) is 13.7. The molecule has 0 aliphatic rings. The van der Waals surface area contributed by atoms with Crippen LogP contribution in [0.15, 0.2) is 54.6 Å². The summed E-state index contributed by atoms with van der Waals surface area (Å²) in [5.41, 5.74) is 5.97. The van der Waals surface area contributed by atoms with Gasteiger partial charge in [-0.15, -0.1) is 0 Å². The molecule has 0 unspecified atom stereocenters. The molecule has 0 aliphatic heterocycles. The topological polar surface area (TPSA) is 95.4 Å². The van der Waals surface area contributed by atoms with Gasteiger partial charge in [0.2, 0.25) is 5.88 Å². The van der Waals surface area contributed by atoms with Crippen molar-refractivity contribution >= 4 is 27.8 Å². The first-order chi connectivity index (χ1) is 9.72. The molecule has 3 heterocycles. The summed E-state index contributed by atoms with van der Waals surface area (Å²) in [5.74, 6) is 0.684. The molecule has 6 heteroatoms. The van der Waals surface area contributed by atoms with Crippen molar-refractivity contribution in [2.75, 3.05) is 5.73 Å². The van der Waals surface area contributed by atoms with Gasteiger partial charge in [-0.1, -0.05) is 23.4 Å². The number of para-hydroxylation sites is 1. The first-order valence-corrected chi connectivity index (χ1v) is 5.90. The lowest BCUT2D eigenvalue weighted by Gasteiger charge is -1.94. The molecule has 0 spiro atoms. The quantitative estimate of drug-likeness (QED) is 0.570. The van der Waals surface area contributed by atoms with Crippen LogP contribution in [0.4, 0.5) is 5.88 Å². The molecular weight excluding hydrogens is 260 g/mol. The van der Waals surface area contributed by atoms with Crippen molar-refractivity contribution in [1.82, 2.24) is 5.16 Å². The molecule has 98 valence electrons. The highest BCUT2D eigenvalue weighted by molar-refractivity contribution is 5.88. The predicted octanol–water partition coefficient (Wildman–Crippen LogP) is 2.78. The summed E-state index contributed by atoms with van der Waals surface area (Å²) in [6.07, 6.45) is 0. The molecule has 4 rings (SSSR count). The molecule has 0 fully saturated rings. The average Bonchev–Trinajstić information content (AvgIpc) is 3.02. The van der Waals surface area contributed by atoms with Crippen molar-refractivity contribution in [1.29, 1.82) is 0 Å². The second kappa shape index (κ2) is 3.74. The molecule has 0 radical (unpaired) electrons. The lowest BCUT2D eigenvalue weighted by Crippen LogP contribution is -2.00. The standard InChI is InChI=1S/C14H8N2O4/c15-13-12-8(16-20-13)6-11(19-14(12)17)10-5-7-3-1-2-4-9(7)18-10/h1-6H,15H2. The number of aromatic nitrogens is 1. The van der Waals surface area contributed by atoms with Gasteiger partial charge in [0, 0.05) is 11.5 Å². The summed E-state index contributed by atoms with van der Waals surface area (Å²) >= 11 is 0. The third-order valence-electron chi connectivity index (χ3n) is 3.09. The highest BCUT2D eigenvalue weighted by Gasteiger charge is 2.16. The summed E-state index contributed by atoms with van der Waals surface area (Å²) in [5, 5.41) is 4.78. The largest absolute Gasteiger partial charge is 0.453 e. The van der Waals surface area contributed by atoms with E-state index in [1.54, 1.807) is 12.1 Å². The summed E-state index contributed by atoms with van der Waals surface area (Å²) in [4.78, 5) is 11.9. The Hall–Kier alpha value is -3.02. The van der Waals surface area contributed by atoms with Gasteiger partial charge in [0.15, 0.2) is 16.9 Å². The maximum absolute atomic E-state index is 11.9. The van der Waals surface area contributed by atoms with Gasteiger partial charge >= 0.3 is 5.63 Å². The van der Waals surface area contributed by atoms with Crippen molar-refractivity contribution in [2.45, 2.75) is 0 Å². The fourth-order valence-electron chi connectivity index (χ4n) is 2.15. The molecule has 6 nitrogen and oxygen atoms in total. The van der Waals surface area contributed by atoms with Gasteiger partial charge < -0.3 is 19.1 Å². The lowest BCUT2D eigenvalue weighted by atomic mass is 10.2. The molecule has 3 aromatic heterocycles. The maximum atomic E-state index is 11.9. The zero-order valence-corrected chi connectivity index (χ0v) is 10.1. The van der Waals surface area contributed by atoms with Crippen LogP contribution in [0.25, 0.3) is 33.4 Å². The van der Waals surface area contributed by atoms with Gasteiger partial charge in [0.1, 0.15) is 11.1 Å². The Bertz CT molecular complexity index is 960. The summed E-state index contributed by atoms with van der Waals surface area (Å²) in [7, 11) is 0. The van der Waals surface area contributed by atoms with Crippen LogP contribution in [-0.4, -0.2) is 5.16 Å². The van der Waals surface area contributed by atoms with E-state index in [0.29, 0.717) is 16.9 Å². The van der Waals surface area contributed by atoms with E-state index >= 15 is 0 Å². The van der Waals surface area contributed by atoms with E-state index in [1.165, 1.54) is 0 Å². The molecule has 20 heavy (non-hydrogen) atoms. The number of nitrogens with zero attached hydrogens (tertiary/aromatic N) is 1. The van der Waals surface area contributed by atoms with Crippen LogP contribution in [0.3, 0.4) is 0 Å². The number of fused-ring (bicyclic) bond motifs is 2. The van der Waals surface area contributed by atoms with Crippen molar-refractivity contribution in [2.24, 2.45) is 0 Å². The Morgan fingerprint density at radius 2 is 1.85 bits per heavy atom. The number of furan rings is 1. The van der Waals surface area contributed by atoms with Crippen LogP contribution in [-0.2, 0) is 0 Å². The number of hydrogen-bond acceptors (Lipinski definition) is 6. The van der Waals surface area contributed by atoms with Gasteiger partial charge in [-0.25, -0.2) is 4.79 Å². The van der Waals surface area contributed by atoms with Gasteiger partial charge in [0.05, 0.1) is 0 Å². The minimum atomic E-state index is -0.600. The Labute approximate surface area is 111 Å². The molecule has 0 amide bonds. The van der Waals surface area contributed by atoms with E-state index in [4.69, 9.17) is 19.1 Å². The predicted molar refractivity (Wildman–Crippen MR) is 72.2 cm³/mol. The number of hydrogen-bond donors (Lipinski definition) is 1. The smallest absolute Gasteiger partial charge is 0.351 e. The average molecular weight is 268 g/mol. The van der Waals surface area contributed by atoms with Crippen LogP contribution in [0.2, 0.25) is 0 Å². The monoisotopic (exact) mass is 268 g/mol. The number of nitrogen functional groups attached to an aromatic ring is 1. The maximum Gasteiger partial charge on any atom is 0.351 e. The van der Waals surface area contributed by atoms with E-state index in [9.17, 15) is 4.79 Å². The highest BCUT2D eigenvalue weighted by Crippen LogP contribution is 2.29. The summed E-state index contributed by atoms with van der Waals surface area (Å²) in [6, 6.07) is 10.9. The van der Waals surface area contributed by atoms with Crippen molar-refractivity contribution < 1.29 is 13.4 Å². The minimum Gasteiger partial charge on any atom is -0.453 e. The minimum absolute atomic E-state index is 0.0510. The molecular formula is C14H8N2O4. The number of nitrogens with two attached hydrogens (primary N) is 1. The zero-order valence-electron chi connectivity index (χ0n) is 10.1. The number of rotatable bonds is 1. The van der Waals surface area contributed by atoms with Gasteiger partial charge in [-0.3, -0.25) is 0 Å². The normalized spacial score (nSPS) is 11.4. The molecule has 2 N–H and O–H groups in total. The second-order valence-corrected chi connectivity index (χ2v) is 4.35. The Balaban J connectivity index is 1.99. The van der Waals surface area contributed by atoms with E-state index in [1.807, 2.05) is 24.3 Å². The van der Waals surface area contributed by atoms with Crippen molar-refractivity contribution in [3.8, 4) is 11.5 Å². The van der Waals surface area contributed by atoms with Crippen LogP contribution in [0, 0.1) is 0 Å².